The molecule has 10 heteroatoms. The Labute approximate surface area is 176 Å². The Morgan fingerprint density at radius 2 is 1.64 bits per heavy atom. The van der Waals surface area contributed by atoms with Gasteiger partial charge >= 0.3 is 0 Å². The first-order chi connectivity index (χ1) is 13.4. The van der Waals surface area contributed by atoms with Crippen molar-refractivity contribution in [1.29, 1.82) is 0 Å². The third-order valence-electron chi connectivity index (χ3n) is 3.68. The summed E-state index contributed by atoms with van der Waals surface area (Å²) in [6.07, 6.45) is 0. The molecule has 1 aromatic heterocycles. The number of amides is 1. The van der Waals surface area contributed by atoms with Crippen LogP contribution in [-0.4, -0.2) is 34.7 Å². The molecule has 0 atom stereocenters. The summed E-state index contributed by atoms with van der Waals surface area (Å²) in [6, 6.07) is 12.8. The first-order valence-electron chi connectivity index (χ1n) is 8.16. The Morgan fingerprint density at radius 1 is 1.04 bits per heavy atom. The lowest BCUT2D eigenvalue weighted by molar-refractivity contribution is 0.102. The van der Waals surface area contributed by atoms with Gasteiger partial charge < -0.3 is 20.9 Å². The molecule has 0 aliphatic heterocycles. The van der Waals surface area contributed by atoms with Gasteiger partial charge in [0.1, 0.15) is 0 Å². The van der Waals surface area contributed by atoms with E-state index in [1.165, 1.54) is 0 Å². The monoisotopic (exact) mass is 432 g/mol. The molecule has 0 saturated heterocycles. The smallest absolute Gasteiger partial charge is 0.277 e. The van der Waals surface area contributed by atoms with E-state index in [2.05, 4.69) is 25.5 Å². The average molecular weight is 433 g/mol. The van der Waals surface area contributed by atoms with Crippen LogP contribution in [0.3, 0.4) is 0 Å². The summed E-state index contributed by atoms with van der Waals surface area (Å²) in [4.78, 5) is 13.9. The van der Waals surface area contributed by atoms with Crippen molar-refractivity contribution >= 4 is 69.1 Å². The Kier molecular flexibility index (Phi) is 6.40. The van der Waals surface area contributed by atoms with Crippen molar-refractivity contribution < 1.29 is 4.79 Å². The second-order valence-corrected chi connectivity index (χ2v) is 7.39. The van der Waals surface area contributed by atoms with E-state index in [-0.39, 0.29) is 11.6 Å². The fraction of sp³-hybridized carbons (Fsp3) is 0.111. The minimum atomic E-state index is -0.301. The Balaban J connectivity index is 1.57. The number of carbonyl (C=O) groups excluding carboxylic acids is 1. The minimum Gasteiger partial charge on any atom is -0.376 e. The van der Waals surface area contributed by atoms with Gasteiger partial charge in [-0.05, 0) is 66.2 Å². The van der Waals surface area contributed by atoms with Crippen LogP contribution < -0.4 is 20.9 Å². The molecule has 0 aliphatic rings. The second kappa shape index (κ2) is 8.96. The number of aromatic nitrogens is 2. The van der Waals surface area contributed by atoms with Crippen LogP contribution in [0.15, 0.2) is 47.8 Å². The minimum absolute atomic E-state index is 0.288. The number of carbonyl (C=O) groups is 1. The van der Waals surface area contributed by atoms with Crippen LogP contribution in [0.5, 0.6) is 0 Å². The highest BCUT2D eigenvalue weighted by atomic mass is 35.5. The fourth-order valence-electron chi connectivity index (χ4n) is 2.34. The highest BCUT2D eigenvalue weighted by Crippen LogP contribution is 2.27. The normalized spacial score (nSPS) is 10.2. The van der Waals surface area contributed by atoms with Crippen LogP contribution in [0.25, 0.3) is 0 Å². The highest BCUT2D eigenvalue weighted by molar-refractivity contribution is 7.80. The summed E-state index contributed by atoms with van der Waals surface area (Å²) in [6.45, 7) is 0. The molecular formula is C18H17ClN6OS2. The van der Waals surface area contributed by atoms with Crippen LogP contribution in [0, 0.1) is 0 Å². The topological polar surface area (TPSA) is 82.2 Å². The summed E-state index contributed by atoms with van der Waals surface area (Å²) in [5.41, 5.74) is 3.43. The van der Waals surface area contributed by atoms with Crippen molar-refractivity contribution in [3.8, 4) is 0 Å². The maximum atomic E-state index is 12.0. The Morgan fingerprint density at radius 3 is 2.21 bits per heavy atom. The molecule has 1 amide bonds. The van der Waals surface area contributed by atoms with E-state index in [0.717, 1.165) is 28.6 Å². The van der Waals surface area contributed by atoms with Crippen LogP contribution in [-0.2, 0) is 0 Å². The number of thiocarbonyl (C=S) groups is 1. The van der Waals surface area contributed by atoms with Gasteiger partial charge in [0.2, 0.25) is 0 Å². The molecule has 0 aliphatic carbocycles. The maximum Gasteiger partial charge on any atom is 0.277 e. The zero-order chi connectivity index (χ0) is 20.1. The van der Waals surface area contributed by atoms with Crippen LogP contribution in [0.2, 0.25) is 5.02 Å². The van der Waals surface area contributed by atoms with E-state index in [1.54, 1.807) is 17.5 Å². The van der Waals surface area contributed by atoms with E-state index in [4.69, 9.17) is 23.8 Å². The van der Waals surface area contributed by atoms with E-state index in [1.807, 2.05) is 49.3 Å². The number of anilines is 4. The van der Waals surface area contributed by atoms with E-state index < -0.39 is 0 Å². The predicted molar refractivity (Wildman–Crippen MR) is 120 cm³/mol. The largest absolute Gasteiger partial charge is 0.376 e. The molecule has 7 nitrogen and oxygen atoms in total. The van der Waals surface area contributed by atoms with Gasteiger partial charge in [-0.3, -0.25) is 4.79 Å². The van der Waals surface area contributed by atoms with Gasteiger partial charge in [0.05, 0.1) is 10.7 Å². The fourth-order valence-corrected chi connectivity index (χ4v) is 3.36. The lowest BCUT2D eigenvalue weighted by Gasteiger charge is -2.16. The third kappa shape index (κ3) is 5.16. The van der Waals surface area contributed by atoms with Gasteiger partial charge in [0, 0.05) is 36.5 Å². The van der Waals surface area contributed by atoms with Gasteiger partial charge in [-0.25, -0.2) is 0 Å². The lowest BCUT2D eigenvalue weighted by atomic mass is 10.2. The van der Waals surface area contributed by atoms with Gasteiger partial charge in [0.15, 0.2) is 10.8 Å². The van der Waals surface area contributed by atoms with E-state index in [0.29, 0.717) is 15.8 Å². The van der Waals surface area contributed by atoms with Gasteiger partial charge in [-0.1, -0.05) is 16.1 Å². The third-order valence-corrected chi connectivity index (χ3v) is 4.69. The first kappa shape index (κ1) is 20.0. The second-order valence-electron chi connectivity index (χ2n) is 5.96. The van der Waals surface area contributed by atoms with Crippen molar-refractivity contribution in [2.24, 2.45) is 0 Å². The first-order valence-corrected chi connectivity index (χ1v) is 9.78. The van der Waals surface area contributed by atoms with Gasteiger partial charge in [0.25, 0.3) is 5.91 Å². The molecule has 0 radical (unpaired) electrons. The summed E-state index contributed by atoms with van der Waals surface area (Å²) in [5, 5.41) is 15.3. The Hall–Kier alpha value is -2.75. The summed E-state index contributed by atoms with van der Waals surface area (Å²) in [7, 11) is 3.86. The van der Waals surface area contributed by atoms with Crippen LogP contribution >= 0.6 is 35.4 Å². The molecule has 0 fully saturated rings. The Bertz CT molecular complexity index is 976. The molecule has 3 rings (SSSR count). The molecule has 144 valence electrons. The molecular weight excluding hydrogens is 416 g/mol. The van der Waals surface area contributed by atoms with Crippen molar-refractivity contribution in [1.82, 2.24) is 9.59 Å². The van der Waals surface area contributed by atoms with Crippen molar-refractivity contribution in [2.75, 3.05) is 34.9 Å². The van der Waals surface area contributed by atoms with Crippen molar-refractivity contribution in [3.05, 3.63) is 58.6 Å². The van der Waals surface area contributed by atoms with E-state index >= 15 is 0 Å². The number of rotatable bonds is 5. The predicted octanol–water partition coefficient (Wildman–Crippen LogP) is 4.32. The number of benzene rings is 2. The van der Waals surface area contributed by atoms with Crippen LogP contribution in [0.1, 0.15) is 10.5 Å². The number of nitrogens with one attached hydrogen (secondary N) is 3. The molecule has 0 bridgehead atoms. The average Bonchev–Trinajstić information content (AvgIpc) is 3.18. The number of hydrogen-bond acceptors (Lipinski definition) is 6. The molecule has 3 aromatic rings. The number of hydrogen-bond donors (Lipinski definition) is 3. The number of nitrogens with zero attached hydrogens (tertiary/aromatic N) is 3. The highest BCUT2D eigenvalue weighted by Gasteiger charge is 2.09. The van der Waals surface area contributed by atoms with Crippen molar-refractivity contribution in [3.63, 3.8) is 0 Å². The molecule has 0 spiro atoms. The molecule has 28 heavy (non-hydrogen) atoms. The standard InChI is InChI=1S/C18H17ClN6OS2/c1-25(2)16-8-7-13(9-14(16)19)22-18(27)21-12-5-3-11(4-6-12)20-17(26)15-10-28-24-23-15/h3-10H,1-2H3,(H,20,26)(H2,21,22,27). The lowest BCUT2D eigenvalue weighted by Crippen LogP contribution is -2.19. The van der Waals surface area contributed by atoms with Gasteiger partial charge in [-0.2, -0.15) is 0 Å². The molecule has 2 aromatic carbocycles. The maximum absolute atomic E-state index is 12.0. The summed E-state index contributed by atoms with van der Waals surface area (Å²) >= 11 is 12.7. The molecule has 3 N–H and O–H groups in total. The molecule has 1 heterocycles. The number of halogens is 1. The zero-order valence-corrected chi connectivity index (χ0v) is 17.5. The molecule has 0 unspecified atom stereocenters. The quantitative estimate of drug-likeness (QED) is 0.518. The summed E-state index contributed by atoms with van der Waals surface area (Å²) in [5.74, 6) is -0.301. The van der Waals surface area contributed by atoms with Crippen LogP contribution in [0.4, 0.5) is 22.7 Å². The molecule has 0 saturated carbocycles. The summed E-state index contributed by atoms with van der Waals surface area (Å²) < 4.78 is 3.67. The van der Waals surface area contributed by atoms with Gasteiger partial charge in [-0.15, -0.1) is 5.10 Å². The zero-order valence-electron chi connectivity index (χ0n) is 15.1. The van der Waals surface area contributed by atoms with E-state index in [9.17, 15) is 4.79 Å². The van der Waals surface area contributed by atoms with Crippen molar-refractivity contribution in [2.45, 2.75) is 0 Å². The SMILES string of the molecule is CN(C)c1ccc(NC(=S)Nc2ccc(NC(=O)c3csnn3)cc2)cc1Cl.